The van der Waals surface area contributed by atoms with Crippen molar-refractivity contribution in [2.75, 3.05) is 18.5 Å². The number of carbonyl (C=O) groups is 5. The fourth-order valence-electron chi connectivity index (χ4n) is 10.3. The van der Waals surface area contributed by atoms with Gasteiger partial charge in [0.25, 0.3) is 0 Å². The second kappa shape index (κ2) is 16.0. The normalized spacial score (nSPS) is 32.8. The lowest BCUT2D eigenvalue weighted by atomic mass is 9.44. The molecule has 3 fully saturated rings. The molecule has 4 aliphatic carbocycles. The van der Waals surface area contributed by atoms with Gasteiger partial charge in [0.05, 0.1) is 24.5 Å². The molecular weight excluding hydrogens is 781 g/mol. The molecule has 0 unspecified atom stereocenters. The van der Waals surface area contributed by atoms with Crippen molar-refractivity contribution < 1.29 is 57.5 Å². The molecule has 0 saturated heterocycles. The van der Waals surface area contributed by atoms with Gasteiger partial charge in [0.15, 0.2) is 23.7 Å². The number of Topliss-reactive ketones (excluding diaryl/α,β-unsaturated/α-hetero) is 1. The predicted octanol–water partition coefficient (Wildman–Crippen LogP) is 3.41. The zero-order chi connectivity index (χ0) is 43.4. The number of anilines is 1. The second-order valence-corrected chi connectivity index (χ2v) is 17.0. The van der Waals surface area contributed by atoms with Crippen LogP contribution >= 0.6 is 0 Å². The van der Waals surface area contributed by atoms with Gasteiger partial charge in [-0.3, -0.25) is 24.0 Å². The van der Waals surface area contributed by atoms with Crippen LogP contribution in [0.5, 0.6) is 0 Å². The van der Waals surface area contributed by atoms with Gasteiger partial charge < -0.3 is 41.6 Å². The molecule has 318 valence electrons. The number of amides is 1. The summed E-state index contributed by atoms with van der Waals surface area (Å²) in [6.07, 6.45) is -3.93. The Labute approximate surface area is 344 Å². The van der Waals surface area contributed by atoms with Gasteiger partial charge in [0.1, 0.15) is 18.8 Å². The summed E-state index contributed by atoms with van der Waals surface area (Å²) < 4.78 is 43.5. The van der Waals surface area contributed by atoms with Crippen molar-refractivity contribution in [3.05, 3.63) is 102 Å². The Kier molecular flexibility index (Phi) is 11.5. The molecule has 0 heterocycles. The van der Waals surface area contributed by atoms with Gasteiger partial charge in [-0.2, -0.15) is 0 Å². The molecule has 3 aromatic rings. The van der Waals surface area contributed by atoms with Crippen molar-refractivity contribution in [2.45, 2.75) is 87.7 Å². The number of allylic oxidation sites excluding steroid dienone is 4. The van der Waals surface area contributed by atoms with E-state index in [2.05, 4.69) is 5.32 Å². The zero-order valence-corrected chi connectivity index (χ0v) is 33.2. The monoisotopic (exact) mass is 829 g/mol. The molecule has 3 saturated carbocycles. The number of ketones is 2. The van der Waals surface area contributed by atoms with Crippen LogP contribution in [0, 0.1) is 22.7 Å². The summed E-state index contributed by atoms with van der Waals surface area (Å²) in [6, 6.07) is 18.5. The second-order valence-electron chi connectivity index (χ2n) is 17.0. The number of halogens is 2. The minimum absolute atomic E-state index is 0.0370. The van der Waals surface area contributed by atoms with Gasteiger partial charge in [-0.1, -0.05) is 67.6 Å². The van der Waals surface area contributed by atoms with Crippen LogP contribution in [0.25, 0.3) is 10.8 Å². The number of alkyl halides is 2. The Balaban J connectivity index is 0.916. The van der Waals surface area contributed by atoms with Crippen molar-refractivity contribution in [2.24, 2.45) is 34.1 Å². The Hall–Kier alpha value is -5.19. The molecule has 0 aromatic heterocycles. The van der Waals surface area contributed by atoms with Gasteiger partial charge in [-0.15, -0.1) is 0 Å². The van der Waals surface area contributed by atoms with E-state index < -0.39 is 114 Å². The zero-order valence-electron chi connectivity index (χ0n) is 33.2. The highest BCUT2D eigenvalue weighted by atomic mass is 19.1. The average Bonchev–Trinajstić information content (AvgIpc) is 3.42. The molecule has 0 spiro atoms. The van der Waals surface area contributed by atoms with Crippen LogP contribution in [0.3, 0.4) is 0 Å². The number of benzene rings is 3. The standard InChI is InChI=1S/C45H49F2N3O10/c1-42-14-13-29(51)16-33(42)34(46)17-32-31-18-36(52)45(58,43(31,2)20-37(53)44(32,42)47)38(54)23-59-39(55)19-35(49)41(57)60-22-24-7-9-26(10-8-24)30(21-48)40(56)50-28-12-11-25-5-3-4-6-27(25)15-28/h3-16,30-32,34-37,52-53,58H,17-23,48-49H2,1-2H3,(H,50,56)/t30-,31+,32+,34+,35-,36-,37+,42+,43+,44+,45+/m1/s1. The van der Waals surface area contributed by atoms with Gasteiger partial charge in [-0.05, 0) is 83.9 Å². The summed E-state index contributed by atoms with van der Waals surface area (Å²) in [5.74, 6) is -6.89. The molecule has 15 heteroatoms. The van der Waals surface area contributed by atoms with E-state index >= 15 is 8.78 Å². The first-order valence-electron chi connectivity index (χ1n) is 19.9. The quantitative estimate of drug-likeness (QED) is 0.144. The molecule has 11 atom stereocenters. The number of ether oxygens (including phenoxy) is 2. The summed E-state index contributed by atoms with van der Waals surface area (Å²) >= 11 is 0. The summed E-state index contributed by atoms with van der Waals surface area (Å²) in [6.45, 7) is 1.59. The van der Waals surface area contributed by atoms with Crippen molar-refractivity contribution in [1.29, 1.82) is 0 Å². The lowest BCUT2D eigenvalue weighted by Gasteiger charge is -2.62. The summed E-state index contributed by atoms with van der Waals surface area (Å²) in [7, 11) is 0. The molecular formula is C45H49F2N3O10. The van der Waals surface area contributed by atoms with E-state index in [9.17, 15) is 39.3 Å². The Bertz CT molecular complexity index is 2290. The van der Waals surface area contributed by atoms with Gasteiger partial charge in [0, 0.05) is 29.0 Å². The number of nitrogens with one attached hydrogen (secondary N) is 1. The maximum absolute atomic E-state index is 17.4. The maximum atomic E-state index is 17.4. The van der Waals surface area contributed by atoms with E-state index in [1.54, 1.807) is 24.3 Å². The molecule has 1 amide bonds. The number of fused-ring (bicyclic) bond motifs is 6. The van der Waals surface area contributed by atoms with Crippen LogP contribution < -0.4 is 16.8 Å². The van der Waals surface area contributed by atoms with E-state index in [0.29, 0.717) is 16.8 Å². The first kappa shape index (κ1) is 42.9. The van der Waals surface area contributed by atoms with Gasteiger partial charge >= 0.3 is 11.9 Å². The smallest absolute Gasteiger partial charge is 0.323 e. The summed E-state index contributed by atoms with van der Waals surface area (Å²) in [5, 5.41) is 39.5. The minimum Gasteiger partial charge on any atom is -0.460 e. The van der Waals surface area contributed by atoms with E-state index in [1.165, 1.54) is 19.9 Å². The molecule has 0 radical (unpaired) electrons. The molecule has 7 rings (SSSR count). The van der Waals surface area contributed by atoms with Gasteiger partial charge in [-0.25, -0.2) is 8.78 Å². The predicted molar refractivity (Wildman–Crippen MR) is 214 cm³/mol. The van der Waals surface area contributed by atoms with Crippen molar-refractivity contribution in [3.63, 3.8) is 0 Å². The number of hydrogen-bond donors (Lipinski definition) is 6. The average molecular weight is 830 g/mol. The third kappa shape index (κ3) is 7.05. The van der Waals surface area contributed by atoms with Crippen LogP contribution in [-0.2, 0) is 40.1 Å². The van der Waals surface area contributed by atoms with Crippen LogP contribution in [0.2, 0.25) is 0 Å². The van der Waals surface area contributed by atoms with Crippen LogP contribution in [0.4, 0.5) is 14.5 Å². The lowest BCUT2D eigenvalue weighted by molar-refractivity contribution is -0.226. The van der Waals surface area contributed by atoms with E-state index in [0.717, 1.165) is 22.9 Å². The first-order chi connectivity index (χ1) is 28.4. The highest BCUT2D eigenvalue weighted by molar-refractivity contribution is 6.01. The number of hydrogen-bond acceptors (Lipinski definition) is 12. The Morgan fingerprint density at radius 3 is 2.35 bits per heavy atom. The largest absolute Gasteiger partial charge is 0.460 e. The van der Waals surface area contributed by atoms with Crippen molar-refractivity contribution in [1.82, 2.24) is 0 Å². The van der Waals surface area contributed by atoms with E-state index in [1.807, 2.05) is 42.5 Å². The van der Waals surface area contributed by atoms with Crippen LogP contribution in [0.15, 0.2) is 90.5 Å². The van der Waals surface area contributed by atoms with Crippen LogP contribution in [-0.4, -0.2) is 93.6 Å². The summed E-state index contributed by atoms with van der Waals surface area (Å²) in [5.41, 5.74) is 5.11. The van der Waals surface area contributed by atoms with Gasteiger partial charge in [0.2, 0.25) is 11.7 Å². The van der Waals surface area contributed by atoms with Crippen molar-refractivity contribution in [3.8, 4) is 0 Å². The van der Waals surface area contributed by atoms with E-state index in [4.69, 9.17) is 20.9 Å². The lowest BCUT2D eigenvalue weighted by Crippen LogP contribution is -2.71. The number of aliphatic hydroxyl groups excluding tert-OH is 2. The molecule has 60 heavy (non-hydrogen) atoms. The topological polar surface area (TPSA) is 229 Å². The molecule has 0 aliphatic heterocycles. The first-order valence-corrected chi connectivity index (χ1v) is 19.9. The minimum atomic E-state index is -2.62. The maximum Gasteiger partial charge on any atom is 0.323 e. The number of aliphatic hydroxyl groups is 3. The third-order valence-corrected chi connectivity index (χ3v) is 13.7. The molecule has 8 N–H and O–H groups in total. The highest BCUT2D eigenvalue weighted by Gasteiger charge is 2.77. The Morgan fingerprint density at radius 2 is 1.65 bits per heavy atom. The number of esters is 2. The fraction of sp³-hybridized carbons (Fsp3) is 0.444. The molecule has 4 aliphatic rings. The molecule has 13 nitrogen and oxygen atoms in total. The fourth-order valence-corrected chi connectivity index (χ4v) is 10.3. The third-order valence-electron chi connectivity index (χ3n) is 13.7. The SMILES string of the molecule is C[C@]12C=CC(=O)C=C1[C@@H](F)C[C@H]1[C@@H]3C[C@@H](O)[C@](O)(C(=O)COC(=O)C[C@@H](N)C(=O)OCc4ccc([C@@H](CN)C(=O)Nc5ccc6ccccc6c5)cc4)[C@@]3(C)C[C@H](O)[C@@]12F. The Morgan fingerprint density at radius 1 is 0.950 bits per heavy atom. The van der Waals surface area contributed by atoms with Crippen LogP contribution in [0.1, 0.15) is 56.6 Å². The van der Waals surface area contributed by atoms with Crippen molar-refractivity contribution >= 4 is 45.9 Å². The number of nitrogens with two attached hydrogens (primary N) is 2. The molecule has 0 bridgehead atoms. The highest BCUT2D eigenvalue weighted by Crippen LogP contribution is 2.70. The number of rotatable bonds is 12. The van der Waals surface area contributed by atoms with E-state index in [-0.39, 0.29) is 31.1 Å². The molecule has 3 aromatic carbocycles. The number of carbonyl (C=O) groups excluding carboxylic acids is 5. The summed E-state index contributed by atoms with van der Waals surface area (Å²) in [4.78, 5) is 64.3.